The zero-order valence-corrected chi connectivity index (χ0v) is 12.1. The van der Waals surface area contributed by atoms with Crippen molar-refractivity contribution in [2.45, 2.75) is 32.9 Å². The highest BCUT2D eigenvalue weighted by Gasteiger charge is 2.25. The van der Waals surface area contributed by atoms with Crippen molar-refractivity contribution in [2.75, 3.05) is 7.11 Å². The standard InChI is InChI=1S/C15H21NO4/c1-4-10(2)13(15(18)19)16-14(17)12-7-5-6-11(8-12)9-20-3/h5-8,10,13H,4,9H2,1-3H3,(H,16,17)(H,18,19)/t10-,13-/m0/s1. The number of nitrogens with one attached hydrogen (secondary N) is 1. The molecule has 2 N–H and O–H groups in total. The molecule has 0 saturated carbocycles. The zero-order chi connectivity index (χ0) is 15.1. The summed E-state index contributed by atoms with van der Waals surface area (Å²) in [6, 6.07) is 6.09. The summed E-state index contributed by atoms with van der Waals surface area (Å²) in [6.45, 7) is 4.11. The largest absolute Gasteiger partial charge is 0.480 e. The van der Waals surface area contributed by atoms with Crippen molar-refractivity contribution in [3.8, 4) is 0 Å². The number of ether oxygens (including phenoxy) is 1. The molecule has 1 aromatic rings. The first-order chi connectivity index (χ1) is 9.49. The minimum atomic E-state index is -1.01. The Kier molecular flexibility index (Phi) is 6.18. The lowest BCUT2D eigenvalue weighted by Gasteiger charge is -2.20. The van der Waals surface area contributed by atoms with E-state index in [1.165, 1.54) is 0 Å². The molecule has 5 heteroatoms. The smallest absolute Gasteiger partial charge is 0.326 e. The molecule has 1 amide bonds. The van der Waals surface area contributed by atoms with Crippen LogP contribution in [-0.2, 0) is 16.1 Å². The van der Waals surface area contributed by atoms with Crippen LogP contribution in [-0.4, -0.2) is 30.1 Å². The number of hydrogen-bond acceptors (Lipinski definition) is 3. The van der Waals surface area contributed by atoms with Crippen molar-refractivity contribution in [1.29, 1.82) is 0 Å². The SMILES string of the molecule is CC[C@H](C)[C@H](NC(=O)c1cccc(COC)c1)C(=O)O. The van der Waals surface area contributed by atoms with Gasteiger partial charge in [-0.25, -0.2) is 4.79 Å². The van der Waals surface area contributed by atoms with E-state index in [1.54, 1.807) is 32.2 Å². The average molecular weight is 279 g/mol. The molecule has 0 unspecified atom stereocenters. The number of methoxy groups -OCH3 is 1. The molecular weight excluding hydrogens is 258 g/mol. The highest BCUT2D eigenvalue weighted by Crippen LogP contribution is 2.11. The fourth-order valence-corrected chi connectivity index (χ4v) is 1.88. The average Bonchev–Trinajstić information content (AvgIpc) is 2.44. The number of carbonyl (C=O) groups is 2. The van der Waals surface area contributed by atoms with Crippen LogP contribution in [0.15, 0.2) is 24.3 Å². The maximum absolute atomic E-state index is 12.1. The molecule has 0 radical (unpaired) electrons. The maximum atomic E-state index is 12.1. The number of benzene rings is 1. The van der Waals surface area contributed by atoms with Crippen LogP contribution in [0.5, 0.6) is 0 Å². The first-order valence-corrected chi connectivity index (χ1v) is 6.61. The van der Waals surface area contributed by atoms with E-state index in [0.29, 0.717) is 18.6 Å². The number of carboxylic acids is 1. The Balaban J connectivity index is 2.83. The van der Waals surface area contributed by atoms with Gasteiger partial charge in [-0.3, -0.25) is 4.79 Å². The fourth-order valence-electron chi connectivity index (χ4n) is 1.88. The number of amides is 1. The quantitative estimate of drug-likeness (QED) is 0.801. The van der Waals surface area contributed by atoms with Gasteiger partial charge in [0.05, 0.1) is 6.61 Å². The number of hydrogen-bond donors (Lipinski definition) is 2. The zero-order valence-electron chi connectivity index (χ0n) is 12.1. The monoisotopic (exact) mass is 279 g/mol. The second kappa shape index (κ2) is 7.65. The van der Waals surface area contributed by atoms with Gasteiger partial charge in [-0.05, 0) is 23.6 Å². The van der Waals surface area contributed by atoms with E-state index in [0.717, 1.165) is 5.56 Å². The van der Waals surface area contributed by atoms with Gasteiger partial charge in [0, 0.05) is 12.7 Å². The summed E-state index contributed by atoms with van der Waals surface area (Å²) in [6.07, 6.45) is 0.682. The van der Waals surface area contributed by atoms with Gasteiger partial charge in [0.25, 0.3) is 5.91 Å². The van der Waals surface area contributed by atoms with E-state index in [1.807, 2.05) is 13.0 Å². The summed E-state index contributed by atoms with van der Waals surface area (Å²) in [4.78, 5) is 23.3. The van der Waals surface area contributed by atoms with E-state index < -0.39 is 12.0 Å². The van der Waals surface area contributed by atoms with Crippen LogP contribution in [0.4, 0.5) is 0 Å². The van der Waals surface area contributed by atoms with Gasteiger partial charge in [0.15, 0.2) is 0 Å². The van der Waals surface area contributed by atoms with Crippen molar-refractivity contribution in [3.05, 3.63) is 35.4 Å². The van der Waals surface area contributed by atoms with Gasteiger partial charge < -0.3 is 15.2 Å². The Morgan fingerprint density at radius 1 is 1.40 bits per heavy atom. The number of carboxylic acid groups (broad SMARTS) is 1. The predicted molar refractivity (Wildman–Crippen MR) is 75.5 cm³/mol. The minimum Gasteiger partial charge on any atom is -0.480 e. The lowest BCUT2D eigenvalue weighted by molar-refractivity contribution is -0.140. The van der Waals surface area contributed by atoms with Crippen molar-refractivity contribution in [3.63, 3.8) is 0 Å². The Morgan fingerprint density at radius 2 is 2.10 bits per heavy atom. The van der Waals surface area contributed by atoms with Crippen molar-refractivity contribution >= 4 is 11.9 Å². The highest BCUT2D eigenvalue weighted by molar-refractivity contribution is 5.96. The Labute approximate surface area is 118 Å². The van der Waals surface area contributed by atoms with Crippen LogP contribution < -0.4 is 5.32 Å². The van der Waals surface area contributed by atoms with Gasteiger partial charge in [-0.1, -0.05) is 32.4 Å². The number of carbonyl (C=O) groups excluding carboxylic acids is 1. The Morgan fingerprint density at radius 3 is 2.65 bits per heavy atom. The summed E-state index contributed by atoms with van der Waals surface area (Å²) in [5.74, 6) is -1.52. The maximum Gasteiger partial charge on any atom is 0.326 e. The second-order valence-corrected chi connectivity index (χ2v) is 4.81. The molecule has 0 bridgehead atoms. The predicted octanol–water partition coefficient (Wildman–Crippen LogP) is 2.06. The third-order valence-electron chi connectivity index (χ3n) is 3.27. The lowest BCUT2D eigenvalue weighted by Crippen LogP contribution is -2.45. The number of aliphatic carboxylic acids is 1. The second-order valence-electron chi connectivity index (χ2n) is 4.81. The van der Waals surface area contributed by atoms with E-state index in [4.69, 9.17) is 4.74 Å². The lowest BCUT2D eigenvalue weighted by atomic mass is 9.99. The molecule has 0 aliphatic heterocycles. The molecule has 1 rings (SSSR count). The summed E-state index contributed by atoms with van der Waals surface area (Å²) >= 11 is 0. The first kappa shape index (κ1) is 16.2. The molecule has 0 fully saturated rings. The van der Waals surface area contributed by atoms with Gasteiger partial charge in [0.2, 0.25) is 0 Å². The third-order valence-corrected chi connectivity index (χ3v) is 3.27. The Bertz CT molecular complexity index is 473. The van der Waals surface area contributed by atoms with E-state index in [2.05, 4.69) is 5.32 Å². The minimum absolute atomic E-state index is 0.126. The van der Waals surface area contributed by atoms with E-state index in [-0.39, 0.29) is 11.8 Å². The molecule has 0 aliphatic carbocycles. The van der Waals surface area contributed by atoms with Crippen molar-refractivity contribution in [2.24, 2.45) is 5.92 Å². The van der Waals surface area contributed by atoms with Gasteiger partial charge in [0.1, 0.15) is 6.04 Å². The molecule has 0 saturated heterocycles. The summed E-state index contributed by atoms with van der Waals surface area (Å²) < 4.78 is 5.01. The molecule has 0 aromatic heterocycles. The van der Waals surface area contributed by atoms with Gasteiger partial charge >= 0.3 is 5.97 Å². The highest BCUT2D eigenvalue weighted by atomic mass is 16.5. The molecule has 0 aliphatic rings. The summed E-state index contributed by atoms with van der Waals surface area (Å²) in [5.41, 5.74) is 1.31. The molecular formula is C15H21NO4. The summed E-state index contributed by atoms with van der Waals surface area (Å²) in [7, 11) is 1.58. The van der Waals surface area contributed by atoms with Crippen LogP contribution in [0.25, 0.3) is 0 Å². The normalized spacial score (nSPS) is 13.6. The van der Waals surface area contributed by atoms with Crippen molar-refractivity contribution < 1.29 is 19.4 Å². The van der Waals surface area contributed by atoms with Gasteiger partial charge in [-0.15, -0.1) is 0 Å². The third kappa shape index (κ3) is 4.35. The van der Waals surface area contributed by atoms with Gasteiger partial charge in [-0.2, -0.15) is 0 Å². The van der Waals surface area contributed by atoms with Crippen LogP contribution >= 0.6 is 0 Å². The molecule has 5 nitrogen and oxygen atoms in total. The molecule has 2 atom stereocenters. The molecule has 20 heavy (non-hydrogen) atoms. The van der Waals surface area contributed by atoms with E-state index >= 15 is 0 Å². The fraction of sp³-hybridized carbons (Fsp3) is 0.467. The van der Waals surface area contributed by atoms with Crippen LogP contribution in [0.1, 0.15) is 36.2 Å². The summed E-state index contributed by atoms with van der Waals surface area (Å²) in [5, 5.41) is 11.7. The number of rotatable bonds is 7. The molecule has 110 valence electrons. The topological polar surface area (TPSA) is 75.6 Å². The first-order valence-electron chi connectivity index (χ1n) is 6.61. The van der Waals surface area contributed by atoms with Crippen molar-refractivity contribution in [1.82, 2.24) is 5.32 Å². The van der Waals surface area contributed by atoms with Crippen LogP contribution in [0, 0.1) is 5.92 Å². The Hall–Kier alpha value is -1.88. The van der Waals surface area contributed by atoms with Crippen LogP contribution in [0.3, 0.4) is 0 Å². The molecule has 0 spiro atoms. The van der Waals surface area contributed by atoms with Crippen LogP contribution in [0.2, 0.25) is 0 Å². The van der Waals surface area contributed by atoms with E-state index in [9.17, 15) is 14.7 Å². The molecule has 0 heterocycles. The molecule has 1 aromatic carbocycles.